The maximum Gasteiger partial charge on any atom is 0.261 e. The molecule has 19 heavy (non-hydrogen) atoms. The molecule has 0 atom stereocenters. The molecule has 0 fully saturated rings. The number of halogens is 2. The zero-order valence-corrected chi connectivity index (χ0v) is 11.4. The van der Waals surface area contributed by atoms with Gasteiger partial charge in [0.2, 0.25) is 0 Å². The number of sulfonamides is 1. The predicted molar refractivity (Wildman–Crippen MR) is 73.2 cm³/mol. The molecule has 3 nitrogen and oxygen atoms in total. The summed E-state index contributed by atoms with van der Waals surface area (Å²) in [6.07, 6.45) is 0. The summed E-state index contributed by atoms with van der Waals surface area (Å²) in [5.41, 5.74) is 1.01. The lowest BCUT2D eigenvalue weighted by Gasteiger charge is -2.08. The van der Waals surface area contributed by atoms with E-state index in [0.717, 1.165) is 11.6 Å². The lowest BCUT2D eigenvalue weighted by molar-refractivity contribution is 0.601. The van der Waals surface area contributed by atoms with Crippen LogP contribution in [0.1, 0.15) is 5.56 Å². The van der Waals surface area contributed by atoms with Crippen molar-refractivity contribution >= 4 is 27.3 Å². The summed E-state index contributed by atoms with van der Waals surface area (Å²) in [5, 5.41) is 0. The molecule has 2 aromatic carbocycles. The van der Waals surface area contributed by atoms with Crippen molar-refractivity contribution < 1.29 is 12.8 Å². The fraction of sp³-hybridized carbons (Fsp3) is 0.0769. The van der Waals surface area contributed by atoms with E-state index in [1.165, 1.54) is 30.3 Å². The summed E-state index contributed by atoms with van der Waals surface area (Å²) in [7, 11) is -3.71. The van der Waals surface area contributed by atoms with Gasteiger partial charge in [0, 0.05) is 5.88 Å². The molecule has 0 heterocycles. The Bertz CT molecular complexity index is 671. The smallest absolute Gasteiger partial charge is 0.261 e. The summed E-state index contributed by atoms with van der Waals surface area (Å²) in [4.78, 5) is 0.102. The fourth-order valence-corrected chi connectivity index (χ4v) is 2.75. The van der Waals surface area contributed by atoms with E-state index in [0.29, 0.717) is 5.88 Å². The van der Waals surface area contributed by atoms with E-state index in [1.807, 2.05) is 0 Å². The molecule has 0 saturated carbocycles. The van der Waals surface area contributed by atoms with Crippen LogP contribution in [0.5, 0.6) is 0 Å². The molecule has 0 aliphatic heterocycles. The van der Waals surface area contributed by atoms with Gasteiger partial charge >= 0.3 is 0 Å². The van der Waals surface area contributed by atoms with Crippen LogP contribution < -0.4 is 4.72 Å². The third-order valence-electron chi connectivity index (χ3n) is 2.46. The van der Waals surface area contributed by atoms with Crippen LogP contribution in [0.2, 0.25) is 0 Å². The first-order valence-corrected chi connectivity index (χ1v) is 7.46. The Morgan fingerprint density at radius 2 is 1.79 bits per heavy atom. The standard InChI is InChI=1S/C13H11ClFNO2S/c14-9-10-4-6-13(7-5-10)19(17,18)16-12-3-1-2-11(15)8-12/h1-8,16H,9H2. The number of rotatable bonds is 4. The highest BCUT2D eigenvalue weighted by Gasteiger charge is 2.14. The van der Waals surface area contributed by atoms with E-state index in [1.54, 1.807) is 12.1 Å². The molecule has 0 unspecified atom stereocenters. The summed E-state index contributed by atoms with van der Waals surface area (Å²) in [5.74, 6) is -0.185. The van der Waals surface area contributed by atoms with Gasteiger partial charge in [0.1, 0.15) is 5.82 Å². The third kappa shape index (κ3) is 3.45. The summed E-state index contributed by atoms with van der Waals surface area (Å²) < 4.78 is 39.4. The summed E-state index contributed by atoms with van der Waals surface area (Å²) in [6, 6.07) is 11.5. The zero-order valence-electron chi connectivity index (χ0n) is 9.81. The van der Waals surface area contributed by atoms with Crippen LogP contribution in [-0.2, 0) is 15.9 Å². The molecular weight excluding hydrogens is 289 g/mol. The van der Waals surface area contributed by atoms with Crippen LogP contribution in [0, 0.1) is 5.82 Å². The van der Waals surface area contributed by atoms with E-state index in [2.05, 4.69) is 4.72 Å². The average molecular weight is 300 g/mol. The first-order valence-electron chi connectivity index (χ1n) is 5.44. The summed E-state index contributed by atoms with van der Waals surface area (Å²) in [6.45, 7) is 0. The molecule has 1 N–H and O–H groups in total. The van der Waals surface area contributed by atoms with Crippen molar-refractivity contribution in [2.45, 2.75) is 10.8 Å². The Kier molecular flexibility index (Phi) is 4.07. The zero-order chi connectivity index (χ0) is 13.9. The second-order valence-electron chi connectivity index (χ2n) is 3.89. The van der Waals surface area contributed by atoms with Crippen molar-refractivity contribution in [3.05, 3.63) is 59.9 Å². The highest BCUT2D eigenvalue weighted by Crippen LogP contribution is 2.17. The van der Waals surface area contributed by atoms with Gasteiger partial charge in [-0.05, 0) is 35.9 Å². The molecule has 2 rings (SSSR count). The van der Waals surface area contributed by atoms with Crippen molar-refractivity contribution in [3.8, 4) is 0 Å². The van der Waals surface area contributed by atoms with E-state index in [4.69, 9.17) is 11.6 Å². The quantitative estimate of drug-likeness (QED) is 0.880. The molecule has 0 bridgehead atoms. The molecule has 0 aliphatic carbocycles. The Balaban J connectivity index is 2.27. The van der Waals surface area contributed by atoms with Crippen molar-refractivity contribution in [1.82, 2.24) is 0 Å². The molecular formula is C13H11ClFNO2S. The fourth-order valence-electron chi connectivity index (χ4n) is 1.52. The van der Waals surface area contributed by atoms with Gasteiger partial charge in [-0.2, -0.15) is 0 Å². The minimum absolute atomic E-state index is 0.102. The van der Waals surface area contributed by atoms with E-state index >= 15 is 0 Å². The van der Waals surface area contributed by atoms with Crippen molar-refractivity contribution in [3.63, 3.8) is 0 Å². The molecule has 0 saturated heterocycles. The maximum absolute atomic E-state index is 13.0. The number of anilines is 1. The highest BCUT2D eigenvalue weighted by atomic mass is 35.5. The van der Waals surface area contributed by atoms with Crippen LogP contribution in [0.3, 0.4) is 0 Å². The SMILES string of the molecule is O=S(=O)(Nc1cccc(F)c1)c1ccc(CCl)cc1. The largest absolute Gasteiger partial charge is 0.280 e. The number of benzene rings is 2. The van der Waals surface area contributed by atoms with E-state index < -0.39 is 15.8 Å². The van der Waals surface area contributed by atoms with Gasteiger partial charge in [-0.15, -0.1) is 11.6 Å². The van der Waals surface area contributed by atoms with Gasteiger partial charge in [0.25, 0.3) is 10.0 Å². The van der Waals surface area contributed by atoms with Crippen LogP contribution in [0.4, 0.5) is 10.1 Å². The minimum atomic E-state index is -3.71. The first-order chi connectivity index (χ1) is 9.01. The normalized spacial score (nSPS) is 11.3. The van der Waals surface area contributed by atoms with Gasteiger partial charge in [0.05, 0.1) is 10.6 Å². The molecule has 0 aliphatic rings. The van der Waals surface area contributed by atoms with Crippen LogP contribution in [0.15, 0.2) is 53.4 Å². The number of hydrogen-bond acceptors (Lipinski definition) is 2. The predicted octanol–water partition coefficient (Wildman–Crippen LogP) is 3.37. The average Bonchev–Trinajstić information content (AvgIpc) is 2.38. The van der Waals surface area contributed by atoms with Crippen molar-refractivity contribution in [2.24, 2.45) is 0 Å². The molecule has 6 heteroatoms. The summed E-state index contributed by atoms with van der Waals surface area (Å²) >= 11 is 5.63. The second-order valence-corrected chi connectivity index (χ2v) is 5.84. The number of nitrogens with one attached hydrogen (secondary N) is 1. The van der Waals surface area contributed by atoms with Gasteiger partial charge in [-0.25, -0.2) is 12.8 Å². The lowest BCUT2D eigenvalue weighted by atomic mass is 10.2. The molecule has 2 aromatic rings. The lowest BCUT2D eigenvalue weighted by Crippen LogP contribution is -2.13. The number of hydrogen-bond donors (Lipinski definition) is 1. The van der Waals surface area contributed by atoms with Gasteiger partial charge < -0.3 is 0 Å². The molecule has 0 spiro atoms. The van der Waals surface area contributed by atoms with E-state index in [9.17, 15) is 12.8 Å². The highest BCUT2D eigenvalue weighted by molar-refractivity contribution is 7.92. The first kappa shape index (κ1) is 13.8. The van der Waals surface area contributed by atoms with Gasteiger partial charge in [-0.1, -0.05) is 18.2 Å². The maximum atomic E-state index is 13.0. The monoisotopic (exact) mass is 299 g/mol. The second kappa shape index (κ2) is 5.59. The van der Waals surface area contributed by atoms with Crippen molar-refractivity contribution in [2.75, 3.05) is 4.72 Å². The van der Waals surface area contributed by atoms with Gasteiger partial charge in [-0.3, -0.25) is 4.72 Å². The topological polar surface area (TPSA) is 46.2 Å². The minimum Gasteiger partial charge on any atom is -0.280 e. The number of alkyl halides is 1. The van der Waals surface area contributed by atoms with Crippen LogP contribution in [-0.4, -0.2) is 8.42 Å². The van der Waals surface area contributed by atoms with Gasteiger partial charge in [0.15, 0.2) is 0 Å². The van der Waals surface area contributed by atoms with Crippen LogP contribution >= 0.6 is 11.6 Å². The molecule has 0 aromatic heterocycles. The third-order valence-corrected chi connectivity index (χ3v) is 4.17. The Hall–Kier alpha value is -1.59. The molecule has 0 radical (unpaired) electrons. The van der Waals surface area contributed by atoms with Crippen molar-refractivity contribution in [1.29, 1.82) is 0 Å². The Morgan fingerprint density at radius 1 is 1.11 bits per heavy atom. The molecule has 0 amide bonds. The Morgan fingerprint density at radius 3 is 2.37 bits per heavy atom. The Labute approximate surface area is 116 Å². The van der Waals surface area contributed by atoms with Crippen LogP contribution in [0.25, 0.3) is 0 Å². The van der Waals surface area contributed by atoms with E-state index in [-0.39, 0.29) is 10.6 Å². The molecule has 100 valence electrons.